The lowest BCUT2D eigenvalue weighted by Crippen LogP contribution is -2.10. The van der Waals surface area contributed by atoms with Crippen molar-refractivity contribution in [3.05, 3.63) is 10.6 Å². The maximum absolute atomic E-state index is 11.5. The zero-order valence-corrected chi connectivity index (χ0v) is 10.0. The lowest BCUT2D eigenvalue weighted by atomic mass is 10.1. The van der Waals surface area contributed by atoms with Gasteiger partial charge in [0.1, 0.15) is 4.49 Å². The largest absolute Gasteiger partial charge is 0.466 e. The van der Waals surface area contributed by atoms with E-state index in [4.69, 9.17) is 27.9 Å². The molecule has 0 N–H and O–H groups in total. The summed E-state index contributed by atoms with van der Waals surface area (Å²) in [5, 5.41) is 0. The number of hydrogen-bond acceptors (Lipinski definition) is 2. The molecule has 0 radical (unpaired) electrons. The van der Waals surface area contributed by atoms with E-state index >= 15 is 0 Å². The average Bonchev–Trinajstić information content (AvgIpc) is 2.52. The second kappa shape index (κ2) is 4.11. The molecule has 1 fully saturated rings. The fourth-order valence-corrected chi connectivity index (χ4v) is 2.08. The van der Waals surface area contributed by atoms with Crippen LogP contribution >= 0.6 is 23.2 Å². The minimum absolute atomic E-state index is 0.0821. The number of allylic oxidation sites excluding steroid dienone is 1. The van der Waals surface area contributed by atoms with Gasteiger partial charge in [-0.2, -0.15) is 0 Å². The highest BCUT2D eigenvalue weighted by Gasteiger charge is 2.61. The monoisotopic (exact) mass is 236 g/mol. The molecule has 0 aromatic heterocycles. The van der Waals surface area contributed by atoms with Crippen molar-refractivity contribution in [1.29, 1.82) is 0 Å². The van der Waals surface area contributed by atoms with Gasteiger partial charge in [0.15, 0.2) is 0 Å². The van der Waals surface area contributed by atoms with E-state index in [9.17, 15) is 4.79 Å². The molecule has 0 saturated heterocycles. The first kappa shape index (κ1) is 11.9. The normalized spacial score (nSPS) is 28.1. The van der Waals surface area contributed by atoms with Gasteiger partial charge in [0.25, 0.3) is 0 Å². The molecule has 0 unspecified atom stereocenters. The molecule has 0 spiro atoms. The molecule has 0 heterocycles. The van der Waals surface area contributed by atoms with Crippen molar-refractivity contribution in [2.75, 3.05) is 6.61 Å². The topological polar surface area (TPSA) is 26.3 Å². The Hall–Kier alpha value is -0.210. The molecule has 1 rings (SSSR count). The molecule has 1 aliphatic rings. The highest BCUT2D eigenvalue weighted by molar-refractivity contribution is 6.55. The Morgan fingerprint density at radius 3 is 2.50 bits per heavy atom. The third-order valence-electron chi connectivity index (χ3n) is 2.76. The molecule has 2 atom stereocenters. The van der Waals surface area contributed by atoms with Crippen LogP contribution in [0.25, 0.3) is 0 Å². The maximum atomic E-state index is 11.5. The Kier molecular flexibility index (Phi) is 3.49. The van der Waals surface area contributed by atoms with Crippen molar-refractivity contribution < 1.29 is 9.53 Å². The lowest BCUT2D eigenvalue weighted by molar-refractivity contribution is -0.145. The molecule has 2 nitrogen and oxygen atoms in total. The van der Waals surface area contributed by atoms with Crippen molar-refractivity contribution in [1.82, 2.24) is 0 Å². The van der Waals surface area contributed by atoms with Crippen molar-refractivity contribution in [3.63, 3.8) is 0 Å². The number of esters is 1. The minimum Gasteiger partial charge on any atom is -0.466 e. The summed E-state index contributed by atoms with van der Waals surface area (Å²) >= 11 is 11.1. The van der Waals surface area contributed by atoms with Gasteiger partial charge in [-0.1, -0.05) is 37.0 Å². The fourth-order valence-electron chi connectivity index (χ4n) is 1.81. The van der Waals surface area contributed by atoms with Crippen LogP contribution in [0.2, 0.25) is 0 Å². The first-order chi connectivity index (χ1) is 6.41. The predicted octanol–water partition coefficient (Wildman–Crippen LogP) is 3.14. The van der Waals surface area contributed by atoms with E-state index in [1.807, 2.05) is 13.8 Å². The van der Waals surface area contributed by atoms with Gasteiger partial charge < -0.3 is 4.74 Å². The van der Waals surface area contributed by atoms with Crippen LogP contribution in [0.15, 0.2) is 10.6 Å². The van der Waals surface area contributed by atoms with E-state index < -0.39 is 0 Å². The molecule has 0 bridgehead atoms. The smallest absolute Gasteiger partial charge is 0.310 e. The van der Waals surface area contributed by atoms with Crippen LogP contribution in [0.4, 0.5) is 0 Å². The third-order valence-corrected chi connectivity index (χ3v) is 3.01. The van der Waals surface area contributed by atoms with Gasteiger partial charge in [-0.25, -0.2) is 0 Å². The predicted molar refractivity (Wildman–Crippen MR) is 57.2 cm³/mol. The Morgan fingerprint density at radius 2 is 2.07 bits per heavy atom. The Balaban J connectivity index is 2.66. The average molecular weight is 237 g/mol. The summed E-state index contributed by atoms with van der Waals surface area (Å²) in [5.41, 5.74) is -0.0821. The first-order valence-electron chi connectivity index (χ1n) is 4.60. The van der Waals surface area contributed by atoms with Gasteiger partial charge in [0.05, 0.1) is 12.5 Å². The fraction of sp³-hybridized carbons (Fsp3) is 0.700. The number of ether oxygens (including phenoxy) is 1. The van der Waals surface area contributed by atoms with E-state index in [0.29, 0.717) is 6.61 Å². The van der Waals surface area contributed by atoms with Crippen LogP contribution in [0.5, 0.6) is 0 Å². The molecule has 0 amide bonds. The van der Waals surface area contributed by atoms with Crippen LogP contribution in [0, 0.1) is 17.3 Å². The quantitative estimate of drug-likeness (QED) is 0.705. The van der Waals surface area contributed by atoms with Crippen LogP contribution in [0.1, 0.15) is 20.8 Å². The lowest BCUT2D eigenvalue weighted by Gasteiger charge is -2.01. The number of rotatable bonds is 3. The number of carbonyl (C=O) groups is 1. The zero-order valence-electron chi connectivity index (χ0n) is 8.51. The summed E-state index contributed by atoms with van der Waals surface area (Å²) in [4.78, 5) is 11.5. The highest BCUT2D eigenvalue weighted by atomic mass is 35.5. The van der Waals surface area contributed by atoms with Crippen molar-refractivity contribution in [2.45, 2.75) is 20.8 Å². The van der Waals surface area contributed by atoms with E-state index in [2.05, 4.69) is 0 Å². The highest BCUT2D eigenvalue weighted by Crippen LogP contribution is 2.60. The number of hydrogen-bond donors (Lipinski definition) is 0. The van der Waals surface area contributed by atoms with E-state index in [-0.39, 0.29) is 27.7 Å². The van der Waals surface area contributed by atoms with Crippen LogP contribution < -0.4 is 0 Å². The SMILES string of the molecule is CCOC(=O)[C@H]1[C@@H](C=C(Cl)Cl)C1(C)C. The summed E-state index contributed by atoms with van der Waals surface area (Å²) in [5.74, 6) is -0.158. The summed E-state index contributed by atoms with van der Waals surface area (Å²) in [7, 11) is 0. The van der Waals surface area contributed by atoms with E-state index in [1.54, 1.807) is 13.0 Å². The summed E-state index contributed by atoms with van der Waals surface area (Å²) in [6.07, 6.45) is 1.71. The van der Waals surface area contributed by atoms with Gasteiger partial charge in [-0.15, -0.1) is 0 Å². The van der Waals surface area contributed by atoms with Gasteiger partial charge >= 0.3 is 5.97 Å². The van der Waals surface area contributed by atoms with Crippen molar-refractivity contribution >= 4 is 29.2 Å². The van der Waals surface area contributed by atoms with Crippen LogP contribution in [-0.2, 0) is 9.53 Å². The molecule has 0 aliphatic heterocycles. The minimum atomic E-state index is -0.159. The second-order valence-electron chi connectivity index (χ2n) is 4.03. The number of halogens is 2. The Bertz CT molecular complexity index is 267. The molecule has 1 saturated carbocycles. The molecule has 0 aromatic carbocycles. The third kappa shape index (κ3) is 2.23. The maximum Gasteiger partial charge on any atom is 0.310 e. The molecule has 4 heteroatoms. The van der Waals surface area contributed by atoms with Gasteiger partial charge in [0.2, 0.25) is 0 Å². The molecule has 14 heavy (non-hydrogen) atoms. The summed E-state index contributed by atoms with van der Waals surface area (Å²) in [6, 6.07) is 0. The van der Waals surface area contributed by atoms with Crippen LogP contribution in [-0.4, -0.2) is 12.6 Å². The summed E-state index contributed by atoms with van der Waals surface area (Å²) < 4.78 is 5.18. The van der Waals surface area contributed by atoms with Crippen molar-refractivity contribution in [2.24, 2.45) is 17.3 Å². The molecular formula is C10H14Cl2O2. The van der Waals surface area contributed by atoms with E-state index in [1.165, 1.54) is 0 Å². The van der Waals surface area contributed by atoms with Crippen molar-refractivity contribution in [3.8, 4) is 0 Å². The second-order valence-corrected chi connectivity index (χ2v) is 5.04. The number of carbonyl (C=O) groups excluding carboxylic acids is 1. The molecule has 1 aliphatic carbocycles. The molecular weight excluding hydrogens is 223 g/mol. The van der Waals surface area contributed by atoms with Gasteiger partial charge in [-0.05, 0) is 24.3 Å². The van der Waals surface area contributed by atoms with E-state index in [0.717, 1.165) is 0 Å². The summed E-state index contributed by atoms with van der Waals surface area (Å²) in [6.45, 7) is 6.22. The molecule has 80 valence electrons. The Morgan fingerprint density at radius 1 is 1.50 bits per heavy atom. The van der Waals surface area contributed by atoms with Gasteiger partial charge in [-0.3, -0.25) is 4.79 Å². The standard InChI is InChI=1S/C10H14Cl2O2/c1-4-14-9(13)8-6(5-7(11)12)10(8,2)3/h5-6,8H,4H2,1-3H3/t6-,8-/m1/s1. The van der Waals surface area contributed by atoms with Crippen LogP contribution in [0.3, 0.4) is 0 Å². The Labute approximate surface area is 94.2 Å². The van der Waals surface area contributed by atoms with Gasteiger partial charge in [0, 0.05) is 0 Å². The first-order valence-corrected chi connectivity index (χ1v) is 5.36. The zero-order chi connectivity index (χ0) is 10.9. The molecule has 0 aromatic rings.